The summed E-state index contributed by atoms with van der Waals surface area (Å²) in [6, 6.07) is 15.9. The Kier molecular flexibility index (Phi) is 6.71. The highest BCUT2D eigenvalue weighted by Gasteiger charge is 2.16. The van der Waals surface area contributed by atoms with Crippen LogP contribution in [-0.2, 0) is 10.0 Å². The molecule has 7 nitrogen and oxygen atoms in total. The van der Waals surface area contributed by atoms with Crippen LogP contribution in [0.2, 0.25) is 0 Å². The second-order valence-electron chi connectivity index (χ2n) is 6.48. The van der Waals surface area contributed by atoms with Crippen LogP contribution < -0.4 is 18.9 Å². The highest BCUT2D eigenvalue weighted by atomic mass is 32.2. The number of rotatable bonds is 8. The van der Waals surface area contributed by atoms with Gasteiger partial charge in [0, 0.05) is 0 Å². The van der Waals surface area contributed by atoms with E-state index in [0.29, 0.717) is 28.5 Å². The first-order chi connectivity index (χ1) is 14.9. The molecule has 0 unspecified atom stereocenters. The average molecular weight is 442 g/mol. The van der Waals surface area contributed by atoms with E-state index in [4.69, 9.17) is 14.2 Å². The van der Waals surface area contributed by atoms with E-state index in [0.717, 1.165) is 5.56 Å². The average Bonchev–Trinajstić information content (AvgIpc) is 2.77. The number of ether oxygens (including phenoxy) is 3. The molecule has 0 bridgehead atoms. The van der Waals surface area contributed by atoms with Gasteiger partial charge in [0.1, 0.15) is 5.75 Å². The minimum absolute atomic E-state index is 0.00682. The fourth-order valence-electron chi connectivity index (χ4n) is 2.95. The predicted molar refractivity (Wildman–Crippen MR) is 120 cm³/mol. The van der Waals surface area contributed by atoms with Crippen LogP contribution >= 0.6 is 0 Å². The van der Waals surface area contributed by atoms with Crippen molar-refractivity contribution in [2.75, 3.05) is 26.1 Å². The molecule has 0 saturated heterocycles. The van der Waals surface area contributed by atoms with Gasteiger partial charge in [-0.3, -0.25) is 4.72 Å². The van der Waals surface area contributed by atoms with E-state index in [1.807, 2.05) is 12.1 Å². The van der Waals surface area contributed by atoms with E-state index in [-0.39, 0.29) is 10.6 Å². The Hall–Kier alpha value is -3.65. The van der Waals surface area contributed by atoms with Crippen molar-refractivity contribution in [3.63, 3.8) is 0 Å². The van der Waals surface area contributed by atoms with Crippen LogP contribution in [-0.4, -0.2) is 34.9 Å². The summed E-state index contributed by atoms with van der Waals surface area (Å²) in [4.78, 5) is 0.0497. The van der Waals surface area contributed by atoms with Gasteiger partial charge in [-0.2, -0.15) is 0 Å². The molecular weight excluding hydrogens is 418 g/mol. The summed E-state index contributed by atoms with van der Waals surface area (Å²) in [5.74, 6) is 1.52. The van der Waals surface area contributed by atoms with Crippen LogP contribution in [0.15, 0.2) is 65.6 Å². The third kappa shape index (κ3) is 5.10. The third-order valence-corrected chi connectivity index (χ3v) is 5.88. The minimum atomic E-state index is -3.82. The zero-order chi connectivity index (χ0) is 22.4. The summed E-state index contributed by atoms with van der Waals surface area (Å²) >= 11 is 0. The molecule has 3 rings (SSSR count). The van der Waals surface area contributed by atoms with Gasteiger partial charge < -0.3 is 19.3 Å². The molecule has 0 fully saturated rings. The molecule has 0 radical (unpaired) electrons. The van der Waals surface area contributed by atoms with Crippen LogP contribution in [0.4, 0.5) is 5.69 Å². The highest BCUT2D eigenvalue weighted by molar-refractivity contribution is 7.92. The van der Waals surface area contributed by atoms with Gasteiger partial charge in [0.25, 0.3) is 10.0 Å². The van der Waals surface area contributed by atoms with Crippen LogP contribution in [0.5, 0.6) is 23.0 Å². The maximum Gasteiger partial charge on any atom is 0.261 e. The van der Waals surface area contributed by atoms with Gasteiger partial charge in [0.2, 0.25) is 5.75 Å². The first-order valence-corrected chi connectivity index (χ1v) is 10.7. The van der Waals surface area contributed by atoms with E-state index in [2.05, 4.69) is 4.72 Å². The first kappa shape index (κ1) is 22.0. The molecule has 0 aliphatic carbocycles. The fraction of sp³-hybridized carbons (Fsp3) is 0.130. The van der Waals surface area contributed by atoms with Gasteiger partial charge in [0.15, 0.2) is 11.5 Å². The van der Waals surface area contributed by atoms with Crippen LogP contribution in [0.1, 0.15) is 11.1 Å². The lowest BCUT2D eigenvalue weighted by molar-refractivity contribution is 0.324. The Balaban J connectivity index is 1.92. The third-order valence-electron chi connectivity index (χ3n) is 4.49. The maximum absolute atomic E-state index is 12.7. The highest BCUT2D eigenvalue weighted by Crippen LogP contribution is 2.38. The van der Waals surface area contributed by atoms with Gasteiger partial charge in [0.05, 0.1) is 31.9 Å². The Morgan fingerprint density at radius 3 is 2.03 bits per heavy atom. The lowest BCUT2D eigenvalue weighted by atomic mass is 10.1. The quantitative estimate of drug-likeness (QED) is 0.504. The van der Waals surface area contributed by atoms with Crippen molar-refractivity contribution in [3.8, 4) is 23.0 Å². The van der Waals surface area contributed by atoms with Gasteiger partial charge in [-0.15, -0.1) is 0 Å². The van der Waals surface area contributed by atoms with E-state index in [9.17, 15) is 13.5 Å². The molecule has 162 valence electrons. The van der Waals surface area contributed by atoms with Crippen molar-refractivity contribution in [1.82, 2.24) is 0 Å². The summed E-state index contributed by atoms with van der Waals surface area (Å²) in [7, 11) is 0.796. The monoisotopic (exact) mass is 441 g/mol. The number of hydrogen-bond acceptors (Lipinski definition) is 6. The summed E-state index contributed by atoms with van der Waals surface area (Å²) in [5, 5.41) is 9.39. The molecular formula is C23H23NO6S. The van der Waals surface area contributed by atoms with Crippen molar-refractivity contribution in [3.05, 3.63) is 71.8 Å². The van der Waals surface area contributed by atoms with E-state index < -0.39 is 10.0 Å². The lowest BCUT2D eigenvalue weighted by Crippen LogP contribution is -2.13. The minimum Gasteiger partial charge on any atom is -0.508 e. The largest absolute Gasteiger partial charge is 0.508 e. The van der Waals surface area contributed by atoms with Crippen LogP contribution in [0.3, 0.4) is 0 Å². The Bertz CT molecular complexity index is 1160. The Morgan fingerprint density at radius 1 is 0.839 bits per heavy atom. The molecule has 8 heteroatoms. The zero-order valence-corrected chi connectivity index (χ0v) is 18.1. The van der Waals surface area contributed by atoms with E-state index >= 15 is 0 Å². The zero-order valence-electron chi connectivity index (χ0n) is 17.3. The molecule has 0 aliphatic rings. The maximum atomic E-state index is 12.7. The number of nitrogens with one attached hydrogen (secondary N) is 1. The molecule has 3 aromatic rings. The van der Waals surface area contributed by atoms with Crippen molar-refractivity contribution >= 4 is 27.9 Å². The molecule has 31 heavy (non-hydrogen) atoms. The molecule has 0 aliphatic heterocycles. The number of hydrogen-bond donors (Lipinski definition) is 2. The normalized spacial score (nSPS) is 11.3. The Morgan fingerprint density at radius 2 is 1.45 bits per heavy atom. The van der Waals surface area contributed by atoms with Gasteiger partial charge in [-0.1, -0.05) is 30.4 Å². The molecule has 0 heterocycles. The molecule has 0 spiro atoms. The van der Waals surface area contributed by atoms with Crippen molar-refractivity contribution in [1.29, 1.82) is 0 Å². The van der Waals surface area contributed by atoms with E-state index in [1.165, 1.54) is 45.6 Å². The molecule has 2 N–H and O–H groups in total. The summed E-state index contributed by atoms with van der Waals surface area (Å²) in [6.07, 6.45) is 3.60. The summed E-state index contributed by atoms with van der Waals surface area (Å²) in [5.41, 5.74) is 1.86. The van der Waals surface area contributed by atoms with Crippen molar-refractivity contribution in [2.24, 2.45) is 0 Å². The van der Waals surface area contributed by atoms with E-state index in [1.54, 1.807) is 36.4 Å². The number of para-hydroxylation sites is 1. The van der Waals surface area contributed by atoms with Crippen molar-refractivity contribution in [2.45, 2.75) is 4.90 Å². The summed E-state index contributed by atoms with van der Waals surface area (Å²) in [6.45, 7) is 0. The topological polar surface area (TPSA) is 94.1 Å². The second kappa shape index (κ2) is 9.44. The number of aromatic hydroxyl groups is 1. The molecule has 0 amide bonds. The SMILES string of the molecule is COc1cc(C=Cc2ccccc2NS(=O)(=O)c2ccc(O)cc2)cc(OC)c1OC. The molecule has 0 aromatic heterocycles. The summed E-state index contributed by atoms with van der Waals surface area (Å²) < 4.78 is 44.1. The fourth-order valence-corrected chi connectivity index (χ4v) is 4.04. The number of benzene rings is 3. The van der Waals surface area contributed by atoms with Crippen LogP contribution in [0, 0.1) is 0 Å². The molecule has 0 saturated carbocycles. The molecule has 0 atom stereocenters. The van der Waals surface area contributed by atoms with Gasteiger partial charge in [-0.25, -0.2) is 8.42 Å². The molecule has 3 aromatic carbocycles. The predicted octanol–water partition coefficient (Wildman–Crippen LogP) is 4.39. The Labute approximate surface area is 181 Å². The number of phenols is 1. The number of methoxy groups -OCH3 is 3. The van der Waals surface area contributed by atoms with Gasteiger partial charge in [-0.05, 0) is 53.6 Å². The van der Waals surface area contributed by atoms with Crippen LogP contribution in [0.25, 0.3) is 12.2 Å². The lowest BCUT2D eigenvalue weighted by Gasteiger charge is -2.13. The number of sulfonamides is 1. The second-order valence-corrected chi connectivity index (χ2v) is 8.16. The smallest absolute Gasteiger partial charge is 0.261 e. The van der Waals surface area contributed by atoms with Crippen molar-refractivity contribution < 1.29 is 27.7 Å². The standard InChI is InChI=1S/C23H23NO6S/c1-28-21-14-16(15-22(29-2)23(21)30-3)8-9-17-6-4-5-7-20(17)24-31(26,27)19-12-10-18(25)11-13-19/h4-15,24-25H,1-3H3. The first-order valence-electron chi connectivity index (χ1n) is 9.27. The van der Waals surface area contributed by atoms with Gasteiger partial charge >= 0.3 is 0 Å². The number of phenolic OH excluding ortho intramolecular Hbond substituents is 1. The number of anilines is 1.